The van der Waals surface area contributed by atoms with Gasteiger partial charge in [0.15, 0.2) is 0 Å². The summed E-state index contributed by atoms with van der Waals surface area (Å²) in [6, 6.07) is 11.5. The smallest absolute Gasteiger partial charge is 0.282 e. The molecule has 0 unspecified atom stereocenters. The molecular formula is C15H14N2O3. The Morgan fingerprint density at radius 3 is 2.30 bits per heavy atom. The zero-order chi connectivity index (χ0) is 14.7. The maximum atomic E-state index is 12.1. The van der Waals surface area contributed by atoms with E-state index in [1.165, 1.54) is 18.2 Å². The fraction of sp³-hybridized carbons (Fsp3) is 0.133. The predicted molar refractivity (Wildman–Crippen MR) is 77.0 cm³/mol. The van der Waals surface area contributed by atoms with Gasteiger partial charge in [-0.05, 0) is 43.2 Å². The van der Waals surface area contributed by atoms with E-state index in [0.29, 0.717) is 5.69 Å². The minimum Gasteiger partial charge on any atom is -0.322 e. The number of hydrogen-bond donors (Lipinski definition) is 1. The van der Waals surface area contributed by atoms with Crippen LogP contribution in [0.5, 0.6) is 0 Å². The normalized spacial score (nSPS) is 10.1. The number of rotatable bonds is 3. The number of nitro benzene ring substituents is 1. The van der Waals surface area contributed by atoms with Gasteiger partial charge in [-0.25, -0.2) is 0 Å². The molecule has 0 heterocycles. The highest BCUT2D eigenvalue weighted by atomic mass is 16.6. The maximum Gasteiger partial charge on any atom is 0.282 e. The number of nitrogens with zero attached hydrogens (tertiary/aromatic N) is 1. The topological polar surface area (TPSA) is 72.2 Å². The number of benzene rings is 2. The molecule has 0 spiro atoms. The predicted octanol–water partition coefficient (Wildman–Crippen LogP) is 3.46. The number of hydrogen-bond acceptors (Lipinski definition) is 3. The lowest BCUT2D eigenvalue weighted by molar-refractivity contribution is -0.385. The maximum absolute atomic E-state index is 12.1. The van der Waals surface area contributed by atoms with Gasteiger partial charge in [-0.1, -0.05) is 18.2 Å². The summed E-state index contributed by atoms with van der Waals surface area (Å²) in [6.45, 7) is 3.85. The monoisotopic (exact) mass is 270 g/mol. The van der Waals surface area contributed by atoms with E-state index in [0.717, 1.165) is 11.1 Å². The van der Waals surface area contributed by atoms with Gasteiger partial charge in [0.05, 0.1) is 4.92 Å². The number of para-hydroxylation sites is 1. The first kappa shape index (κ1) is 13.7. The third-order valence-electron chi connectivity index (χ3n) is 2.82. The molecule has 0 aromatic heterocycles. The van der Waals surface area contributed by atoms with Gasteiger partial charge in [0.2, 0.25) is 0 Å². The SMILES string of the molecule is Cc1cc(C)cc(NC(=O)c2ccccc2[N+](=O)[O-])c1. The molecule has 102 valence electrons. The number of anilines is 1. The summed E-state index contributed by atoms with van der Waals surface area (Å²) in [4.78, 5) is 22.5. The lowest BCUT2D eigenvalue weighted by atomic mass is 10.1. The molecule has 20 heavy (non-hydrogen) atoms. The molecule has 2 aromatic rings. The van der Waals surface area contributed by atoms with Crippen LogP contribution in [0.3, 0.4) is 0 Å². The van der Waals surface area contributed by atoms with Crippen LogP contribution in [0.4, 0.5) is 11.4 Å². The van der Waals surface area contributed by atoms with E-state index >= 15 is 0 Å². The first-order valence-corrected chi connectivity index (χ1v) is 6.10. The van der Waals surface area contributed by atoms with Crippen molar-refractivity contribution in [2.45, 2.75) is 13.8 Å². The number of aryl methyl sites for hydroxylation is 2. The number of amides is 1. The Balaban J connectivity index is 2.31. The molecule has 0 bridgehead atoms. The van der Waals surface area contributed by atoms with Gasteiger partial charge in [-0.15, -0.1) is 0 Å². The molecule has 1 N–H and O–H groups in total. The van der Waals surface area contributed by atoms with Crippen LogP contribution in [0.25, 0.3) is 0 Å². The van der Waals surface area contributed by atoms with Gasteiger partial charge >= 0.3 is 0 Å². The van der Waals surface area contributed by atoms with Gasteiger partial charge in [-0.2, -0.15) is 0 Å². The third-order valence-corrected chi connectivity index (χ3v) is 2.82. The number of carbonyl (C=O) groups is 1. The Labute approximate surface area is 116 Å². The molecule has 0 saturated heterocycles. The highest BCUT2D eigenvalue weighted by Gasteiger charge is 2.19. The molecule has 0 aliphatic heterocycles. The van der Waals surface area contributed by atoms with Crippen molar-refractivity contribution in [3.63, 3.8) is 0 Å². The van der Waals surface area contributed by atoms with Gasteiger partial charge < -0.3 is 5.32 Å². The van der Waals surface area contributed by atoms with Crippen molar-refractivity contribution >= 4 is 17.3 Å². The minimum atomic E-state index is -0.559. The van der Waals surface area contributed by atoms with E-state index in [-0.39, 0.29) is 11.3 Å². The van der Waals surface area contributed by atoms with Crippen molar-refractivity contribution in [2.75, 3.05) is 5.32 Å². The first-order valence-electron chi connectivity index (χ1n) is 6.10. The van der Waals surface area contributed by atoms with Gasteiger partial charge in [0.1, 0.15) is 5.56 Å². The van der Waals surface area contributed by atoms with Crippen molar-refractivity contribution < 1.29 is 9.72 Å². The molecule has 0 atom stereocenters. The van der Waals surface area contributed by atoms with Gasteiger partial charge in [0, 0.05) is 11.8 Å². The second-order valence-electron chi connectivity index (χ2n) is 4.60. The molecule has 5 heteroatoms. The molecule has 2 rings (SSSR count). The van der Waals surface area contributed by atoms with E-state index in [1.54, 1.807) is 6.07 Å². The van der Waals surface area contributed by atoms with E-state index in [9.17, 15) is 14.9 Å². The average Bonchev–Trinajstić information content (AvgIpc) is 2.37. The van der Waals surface area contributed by atoms with Crippen LogP contribution in [0.15, 0.2) is 42.5 Å². The fourth-order valence-corrected chi connectivity index (χ4v) is 2.07. The van der Waals surface area contributed by atoms with Crippen molar-refractivity contribution in [1.29, 1.82) is 0 Å². The Morgan fingerprint density at radius 2 is 1.70 bits per heavy atom. The Hall–Kier alpha value is -2.69. The fourth-order valence-electron chi connectivity index (χ4n) is 2.07. The molecule has 0 aliphatic rings. The van der Waals surface area contributed by atoms with E-state index in [2.05, 4.69) is 5.32 Å². The first-order chi connectivity index (χ1) is 9.47. The minimum absolute atomic E-state index is 0.0525. The average molecular weight is 270 g/mol. The van der Waals surface area contributed by atoms with Crippen LogP contribution >= 0.6 is 0 Å². The summed E-state index contributed by atoms with van der Waals surface area (Å²) in [6.07, 6.45) is 0. The van der Waals surface area contributed by atoms with Crippen LogP contribution in [-0.4, -0.2) is 10.8 Å². The summed E-state index contributed by atoms with van der Waals surface area (Å²) in [5.74, 6) is -0.484. The Kier molecular flexibility index (Phi) is 3.79. The van der Waals surface area contributed by atoms with Crippen LogP contribution in [0.1, 0.15) is 21.5 Å². The summed E-state index contributed by atoms with van der Waals surface area (Å²) >= 11 is 0. The molecule has 1 amide bonds. The quantitative estimate of drug-likeness (QED) is 0.685. The summed E-state index contributed by atoms with van der Waals surface area (Å²) in [5.41, 5.74) is 2.52. The van der Waals surface area contributed by atoms with Crippen LogP contribution in [0, 0.1) is 24.0 Å². The van der Waals surface area contributed by atoms with Crippen molar-refractivity contribution in [2.24, 2.45) is 0 Å². The zero-order valence-electron chi connectivity index (χ0n) is 11.2. The summed E-state index contributed by atoms with van der Waals surface area (Å²) in [7, 11) is 0. The molecule has 0 fully saturated rings. The highest BCUT2D eigenvalue weighted by molar-refractivity contribution is 6.07. The molecule has 2 aromatic carbocycles. The number of carbonyl (C=O) groups excluding carboxylic acids is 1. The second-order valence-corrected chi connectivity index (χ2v) is 4.60. The van der Waals surface area contributed by atoms with Crippen LogP contribution < -0.4 is 5.32 Å². The standard InChI is InChI=1S/C15H14N2O3/c1-10-7-11(2)9-12(8-10)16-15(18)13-5-3-4-6-14(13)17(19)20/h3-9H,1-2H3,(H,16,18). The molecule has 0 aliphatic carbocycles. The zero-order valence-corrected chi connectivity index (χ0v) is 11.2. The molecule has 0 radical (unpaired) electrons. The highest BCUT2D eigenvalue weighted by Crippen LogP contribution is 2.20. The van der Waals surface area contributed by atoms with Gasteiger partial charge in [-0.3, -0.25) is 14.9 Å². The van der Waals surface area contributed by atoms with E-state index in [1.807, 2.05) is 32.0 Å². The lowest BCUT2D eigenvalue weighted by Gasteiger charge is -2.08. The van der Waals surface area contributed by atoms with Crippen LogP contribution in [-0.2, 0) is 0 Å². The van der Waals surface area contributed by atoms with Crippen LogP contribution in [0.2, 0.25) is 0 Å². The largest absolute Gasteiger partial charge is 0.322 e. The van der Waals surface area contributed by atoms with Gasteiger partial charge in [0.25, 0.3) is 11.6 Å². The number of nitro groups is 1. The van der Waals surface area contributed by atoms with Crippen molar-refractivity contribution in [3.05, 3.63) is 69.3 Å². The Bertz CT molecular complexity index is 660. The molecule has 0 saturated carbocycles. The third kappa shape index (κ3) is 3.00. The summed E-state index contributed by atoms with van der Waals surface area (Å²) < 4.78 is 0. The van der Waals surface area contributed by atoms with E-state index < -0.39 is 10.8 Å². The van der Waals surface area contributed by atoms with Crippen molar-refractivity contribution in [1.82, 2.24) is 0 Å². The molecular weight excluding hydrogens is 256 g/mol. The Morgan fingerprint density at radius 1 is 1.10 bits per heavy atom. The number of nitrogens with one attached hydrogen (secondary N) is 1. The van der Waals surface area contributed by atoms with Crippen molar-refractivity contribution in [3.8, 4) is 0 Å². The van der Waals surface area contributed by atoms with E-state index in [4.69, 9.17) is 0 Å². The molecule has 5 nitrogen and oxygen atoms in total. The second kappa shape index (κ2) is 5.52. The summed E-state index contributed by atoms with van der Waals surface area (Å²) in [5, 5.41) is 13.6. The lowest BCUT2D eigenvalue weighted by Crippen LogP contribution is -2.14.